The van der Waals surface area contributed by atoms with Gasteiger partial charge in [-0.15, -0.1) is 11.8 Å². The number of amides is 2. The quantitative estimate of drug-likeness (QED) is 0.523. The van der Waals surface area contributed by atoms with Crippen LogP contribution in [0.3, 0.4) is 0 Å². The van der Waals surface area contributed by atoms with Crippen molar-refractivity contribution in [2.24, 2.45) is 0 Å². The Labute approximate surface area is 180 Å². The summed E-state index contributed by atoms with van der Waals surface area (Å²) >= 11 is 1.54. The zero-order chi connectivity index (χ0) is 20.6. The van der Waals surface area contributed by atoms with Crippen LogP contribution in [0.2, 0.25) is 0 Å². The van der Waals surface area contributed by atoms with Crippen molar-refractivity contribution in [2.75, 3.05) is 0 Å². The van der Waals surface area contributed by atoms with E-state index < -0.39 is 0 Å². The highest BCUT2D eigenvalue weighted by Gasteiger charge is 2.42. The fourth-order valence-corrected chi connectivity index (χ4v) is 5.46. The number of thioether (sulfide) groups is 1. The summed E-state index contributed by atoms with van der Waals surface area (Å²) in [6.45, 7) is 4.16. The topological polar surface area (TPSA) is 37.4 Å². The molecule has 0 radical (unpaired) electrons. The van der Waals surface area contributed by atoms with Gasteiger partial charge in [-0.25, -0.2) is 0 Å². The molecule has 1 heterocycles. The highest BCUT2D eigenvalue weighted by molar-refractivity contribution is 8.04. The minimum Gasteiger partial charge on any atom is -0.271 e. The predicted octanol–water partition coefficient (Wildman–Crippen LogP) is 6.58. The average molecular weight is 414 g/mol. The molecule has 0 N–H and O–H groups in total. The molecule has 1 saturated carbocycles. The van der Waals surface area contributed by atoms with E-state index in [1.165, 1.54) is 56.7 Å². The smallest absolute Gasteiger partial charge is 0.268 e. The molecule has 3 nitrogen and oxygen atoms in total. The first-order valence-corrected chi connectivity index (χ1v) is 12.3. The third kappa shape index (κ3) is 5.75. The molecule has 3 rings (SSSR count). The van der Waals surface area contributed by atoms with Crippen LogP contribution in [-0.2, 0) is 9.59 Å². The summed E-state index contributed by atoms with van der Waals surface area (Å²) < 4.78 is 0. The second kappa shape index (κ2) is 11.0. The van der Waals surface area contributed by atoms with Crippen LogP contribution in [0.25, 0.3) is 5.57 Å². The third-order valence-electron chi connectivity index (χ3n) is 5.93. The normalized spacial score (nSPS) is 20.9. The van der Waals surface area contributed by atoms with Gasteiger partial charge in [0.2, 0.25) is 0 Å². The molecule has 4 heteroatoms. The summed E-state index contributed by atoms with van der Waals surface area (Å²) in [7, 11) is 0. The fourth-order valence-electron chi connectivity index (χ4n) is 4.46. The lowest BCUT2D eigenvalue weighted by Crippen LogP contribution is -2.41. The van der Waals surface area contributed by atoms with Crippen LogP contribution in [0, 0.1) is 0 Å². The highest BCUT2D eigenvalue weighted by Crippen LogP contribution is 2.40. The maximum atomic E-state index is 13.5. The molecular weight excluding hydrogens is 378 g/mol. The van der Waals surface area contributed by atoms with E-state index in [0.29, 0.717) is 10.5 Å². The van der Waals surface area contributed by atoms with Gasteiger partial charge in [0.15, 0.2) is 0 Å². The van der Waals surface area contributed by atoms with Gasteiger partial charge in [-0.05, 0) is 18.4 Å². The lowest BCUT2D eigenvalue weighted by Gasteiger charge is -2.27. The molecule has 0 spiro atoms. The fraction of sp³-hybridized carbons (Fsp3) is 0.600. The van der Waals surface area contributed by atoms with Crippen molar-refractivity contribution < 1.29 is 9.59 Å². The van der Waals surface area contributed by atoms with Crippen molar-refractivity contribution in [1.29, 1.82) is 0 Å². The van der Waals surface area contributed by atoms with Gasteiger partial charge in [0, 0.05) is 11.3 Å². The summed E-state index contributed by atoms with van der Waals surface area (Å²) in [4.78, 5) is 29.2. The van der Waals surface area contributed by atoms with Crippen LogP contribution in [0.15, 0.2) is 35.2 Å². The van der Waals surface area contributed by atoms with Crippen molar-refractivity contribution in [3.05, 3.63) is 40.8 Å². The van der Waals surface area contributed by atoms with Gasteiger partial charge in [-0.2, -0.15) is 0 Å². The van der Waals surface area contributed by atoms with E-state index in [-0.39, 0.29) is 23.1 Å². The zero-order valence-corrected chi connectivity index (χ0v) is 18.8. The third-order valence-corrected chi connectivity index (χ3v) is 7.01. The summed E-state index contributed by atoms with van der Waals surface area (Å²) in [6, 6.07) is 9.77. The minimum atomic E-state index is -0.0820. The second-order valence-electron chi connectivity index (χ2n) is 8.63. The molecule has 1 aromatic carbocycles. The maximum absolute atomic E-state index is 13.5. The molecule has 2 aliphatic rings. The molecule has 158 valence electrons. The van der Waals surface area contributed by atoms with E-state index in [4.69, 9.17) is 0 Å². The van der Waals surface area contributed by atoms with E-state index in [1.54, 1.807) is 4.90 Å². The largest absolute Gasteiger partial charge is 0.271 e. The summed E-state index contributed by atoms with van der Waals surface area (Å²) in [5.41, 5.74) is 1.48. The molecule has 1 aromatic rings. The number of benzene rings is 1. The van der Waals surface area contributed by atoms with E-state index in [1.807, 2.05) is 30.3 Å². The van der Waals surface area contributed by atoms with E-state index in [0.717, 1.165) is 31.2 Å². The van der Waals surface area contributed by atoms with Gasteiger partial charge >= 0.3 is 0 Å². The van der Waals surface area contributed by atoms with E-state index in [9.17, 15) is 9.59 Å². The first-order chi connectivity index (χ1) is 14.1. The number of imide groups is 1. The Bertz CT molecular complexity index is 714. The number of hydrogen-bond acceptors (Lipinski definition) is 3. The molecule has 0 atom stereocenters. The Morgan fingerprint density at radius 1 is 0.793 bits per heavy atom. The van der Waals surface area contributed by atoms with Crippen molar-refractivity contribution in [3.63, 3.8) is 0 Å². The van der Waals surface area contributed by atoms with Crippen LogP contribution < -0.4 is 0 Å². The SMILES string of the molecule is CC(C)SC1=C(c2ccccc2)C(=O)N(C2CCCCCCCCCCC2)C1=O. The number of carbonyl (C=O) groups excluding carboxylic acids is 2. The van der Waals surface area contributed by atoms with Crippen molar-refractivity contribution >= 4 is 29.1 Å². The molecule has 29 heavy (non-hydrogen) atoms. The molecule has 0 aromatic heterocycles. The molecule has 0 bridgehead atoms. The van der Waals surface area contributed by atoms with Gasteiger partial charge < -0.3 is 0 Å². The van der Waals surface area contributed by atoms with Gasteiger partial charge in [0.25, 0.3) is 11.8 Å². The van der Waals surface area contributed by atoms with Crippen molar-refractivity contribution in [1.82, 2.24) is 4.90 Å². The molecule has 1 aliphatic carbocycles. The first-order valence-electron chi connectivity index (χ1n) is 11.4. The van der Waals surface area contributed by atoms with Crippen LogP contribution in [0.5, 0.6) is 0 Å². The number of hydrogen-bond donors (Lipinski definition) is 0. The van der Waals surface area contributed by atoms with E-state index >= 15 is 0 Å². The standard InChI is InChI=1S/C25H35NO2S/c1-19(2)29-23-22(20-15-11-10-12-16-20)24(27)26(25(23)28)21-17-13-8-6-4-3-5-7-9-14-18-21/h10-12,15-16,19,21H,3-9,13-14,17-18H2,1-2H3. The van der Waals surface area contributed by atoms with Gasteiger partial charge in [0.05, 0.1) is 10.5 Å². The van der Waals surface area contributed by atoms with Crippen LogP contribution in [0.1, 0.15) is 90.0 Å². The molecule has 0 saturated heterocycles. The minimum absolute atomic E-state index is 0.0402. The number of nitrogens with zero attached hydrogens (tertiary/aromatic N) is 1. The Kier molecular flexibility index (Phi) is 8.40. The van der Waals surface area contributed by atoms with Gasteiger partial charge in [-0.1, -0.05) is 102 Å². The second-order valence-corrected chi connectivity index (χ2v) is 10.2. The number of rotatable bonds is 4. The zero-order valence-electron chi connectivity index (χ0n) is 18.0. The Morgan fingerprint density at radius 2 is 1.31 bits per heavy atom. The van der Waals surface area contributed by atoms with Gasteiger partial charge in [0.1, 0.15) is 0 Å². The maximum Gasteiger partial charge on any atom is 0.268 e. The first kappa shape index (κ1) is 22.1. The molecular formula is C25H35NO2S. The summed E-state index contributed by atoms with van der Waals surface area (Å²) in [5, 5.41) is 0.261. The molecule has 1 fully saturated rings. The van der Waals surface area contributed by atoms with Gasteiger partial charge in [-0.3, -0.25) is 14.5 Å². The summed E-state index contributed by atoms with van der Waals surface area (Å²) in [5.74, 6) is -0.147. The number of carbonyl (C=O) groups is 2. The Balaban J connectivity index is 1.84. The summed E-state index contributed by atoms with van der Waals surface area (Å²) in [6.07, 6.45) is 13.1. The molecule has 2 amide bonds. The predicted molar refractivity (Wildman–Crippen MR) is 123 cm³/mol. The lowest BCUT2D eigenvalue weighted by molar-refractivity contribution is -0.139. The lowest BCUT2D eigenvalue weighted by atomic mass is 9.96. The molecule has 0 unspecified atom stereocenters. The van der Waals surface area contributed by atoms with Crippen molar-refractivity contribution in [3.8, 4) is 0 Å². The van der Waals surface area contributed by atoms with E-state index in [2.05, 4.69) is 13.8 Å². The molecule has 1 aliphatic heterocycles. The highest BCUT2D eigenvalue weighted by atomic mass is 32.2. The monoisotopic (exact) mass is 413 g/mol. The van der Waals surface area contributed by atoms with Crippen LogP contribution >= 0.6 is 11.8 Å². The Hall–Kier alpha value is -1.55. The average Bonchev–Trinajstić information content (AvgIpc) is 2.93. The van der Waals surface area contributed by atoms with Crippen LogP contribution in [-0.4, -0.2) is 28.0 Å². The Morgan fingerprint density at radius 3 is 1.83 bits per heavy atom. The van der Waals surface area contributed by atoms with Crippen LogP contribution in [0.4, 0.5) is 0 Å². The van der Waals surface area contributed by atoms with Crippen molar-refractivity contribution in [2.45, 2.75) is 95.8 Å².